The third-order valence-corrected chi connectivity index (χ3v) is 4.26. The third-order valence-electron chi connectivity index (χ3n) is 3.37. The van der Waals surface area contributed by atoms with E-state index in [1.807, 2.05) is 10.8 Å². The van der Waals surface area contributed by atoms with Crippen LogP contribution in [0.25, 0.3) is 5.69 Å². The van der Waals surface area contributed by atoms with Crippen molar-refractivity contribution in [2.75, 3.05) is 13.1 Å². The van der Waals surface area contributed by atoms with Gasteiger partial charge in [-0.15, -0.1) is 0 Å². The molecule has 0 saturated carbocycles. The molecule has 1 atom stereocenters. The van der Waals surface area contributed by atoms with Crippen molar-refractivity contribution in [1.82, 2.24) is 14.9 Å². The van der Waals surface area contributed by atoms with Gasteiger partial charge in [0.05, 0.1) is 17.0 Å². The normalized spacial score (nSPS) is 19.0. The molecule has 1 aromatic carbocycles. The Balaban J connectivity index is 2.10. The summed E-state index contributed by atoms with van der Waals surface area (Å²) in [6.45, 7) is 1.94. The Bertz CT molecular complexity index is 585. The number of nitrogens with zero attached hydrogens (tertiary/aromatic N) is 2. The zero-order valence-corrected chi connectivity index (χ0v) is 12.4. The molecule has 1 N–H and O–H groups in total. The zero-order chi connectivity index (χ0) is 13.4. The topological polar surface area (TPSA) is 29.9 Å². The zero-order valence-electron chi connectivity index (χ0n) is 10.0. The van der Waals surface area contributed by atoms with Gasteiger partial charge in [-0.3, -0.25) is 0 Å². The molecule has 19 heavy (non-hydrogen) atoms. The number of hydrogen-bond acceptors (Lipinski definition) is 2. The maximum absolute atomic E-state index is 13.3. The summed E-state index contributed by atoms with van der Waals surface area (Å²) < 4.78 is 15.9. The van der Waals surface area contributed by atoms with Crippen molar-refractivity contribution < 1.29 is 4.39 Å². The quantitative estimate of drug-likeness (QED) is 0.903. The smallest absolute Gasteiger partial charge is 0.125 e. The van der Waals surface area contributed by atoms with Crippen LogP contribution < -0.4 is 5.32 Å². The number of aromatic nitrogens is 2. The molecule has 0 radical (unpaired) electrons. The maximum atomic E-state index is 13.3. The van der Waals surface area contributed by atoms with E-state index in [2.05, 4.69) is 26.2 Å². The summed E-state index contributed by atoms with van der Waals surface area (Å²) >= 11 is 9.54. The first-order chi connectivity index (χ1) is 9.16. The number of rotatable bonds is 2. The SMILES string of the molecule is Fc1cc(Cl)c(-n2cncc2C2CCNC2)c(Br)c1. The number of halogens is 3. The molecule has 0 aliphatic carbocycles. The van der Waals surface area contributed by atoms with Crippen LogP contribution in [0.15, 0.2) is 29.1 Å². The molecule has 3 nitrogen and oxygen atoms in total. The maximum Gasteiger partial charge on any atom is 0.125 e. The molecule has 100 valence electrons. The summed E-state index contributed by atoms with van der Waals surface area (Å²) in [5, 5.41) is 3.70. The molecule has 1 aliphatic heterocycles. The molecule has 1 saturated heterocycles. The van der Waals surface area contributed by atoms with Crippen molar-refractivity contribution in [1.29, 1.82) is 0 Å². The molecule has 1 unspecified atom stereocenters. The molecule has 0 amide bonds. The summed E-state index contributed by atoms with van der Waals surface area (Å²) in [6.07, 6.45) is 4.64. The predicted molar refractivity (Wildman–Crippen MR) is 76.5 cm³/mol. The van der Waals surface area contributed by atoms with Gasteiger partial charge in [0.25, 0.3) is 0 Å². The minimum absolute atomic E-state index is 0.357. The van der Waals surface area contributed by atoms with Crippen LogP contribution in [0, 0.1) is 5.82 Å². The highest BCUT2D eigenvalue weighted by Crippen LogP contribution is 2.33. The van der Waals surface area contributed by atoms with Gasteiger partial charge >= 0.3 is 0 Å². The van der Waals surface area contributed by atoms with E-state index in [4.69, 9.17) is 11.6 Å². The lowest BCUT2D eigenvalue weighted by Gasteiger charge is -2.15. The van der Waals surface area contributed by atoms with Gasteiger partial charge in [-0.2, -0.15) is 0 Å². The highest BCUT2D eigenvalue weighted by Gasteiger charge is 2.22. The van der Waals surface area contributed by atoms with Crippen LogP contribution in [0.5, 0.6) is 0 Å². The van der Waals surface area contributed by atoms with Crippen molar-refractivity contribution >= 4 is 27.5 Å². The van der Waals surface area contributed by atoms with Gasteiger partial charge in [0, 0.05) is 28.8 Å². The van der Waals surface area contributed by atoms with E-state index in [1.165, 1.54) is 12.1 Å². The fourth-order valence-electron chi connectivity index (χ4n) is 2.47. The Labute approximate surface area is 123 Å². The second-order valence-corrected chi connectivity index (χ2v) is 5.86. The molecule has 1 fully saturated rings. The summed E-state index contributed by atoms with van der Waals surface area (Å²) in [7, 11) is 0. The van der Waals surface area contributed by atoms with E-state index in [9.17, 15) is 4.39 Å². The van der Waals surface area contributed by atoms with Gasteiger partial charge in [-0.1, -0.05) is 11.6 Å². The molecule has 3 rings (SSSR count). The van der Waals surface area contributed by atoms with Crippen LogP contribution in [0.1, 0.15) is 18.0 Å². The molecular weight excluding hydrogens is 333 g/mol. The Hall–Kier alpha value is -0.910. The predicted octanol–water partition coefficient (Wildman–Crippen LogP) is 3.50. The Morgan fingerprint density at radius 2 is 2.32 bits per heavy atom. The van der Waals surface area contributed by atoms with Gasteiger partial charge < -0.3 is 9.88 Å². The van der Waals surface area contributed by atoms with Gasteiger partial charge in [0.2, 0.25) is 0 Å². The number of nitrogens with one attached hydrogen (secondary N) is 1. The Morgan fingerprint density at radius 3 is 3.00 bits per heavy atom. The fourth-order valence-corrected chi connectivity index (χ4v) is 3.50. The number of benzene rings is 1. The van der Waals surface area contributed by atoms with E-state index < -0.39 is 0 Å². The van der Waals surface area contributed by atoms with Crippen LogP contribution in [0.4, 0.5) is 4.39 Å². The van der Waals surface area contributed by atoms with E-state index >= 15 is 0 Å². The van der Waals surface area contributed by atoms with Crippen LogP contribution in [-0.4, -0.2) is 22.6 Å². The highest BCUT2D eigenvalue weighted by atomic mass is 79.9. The van der Waals surface area contributed by atoms with E-state index in [0.717, 1.165) is 30.9 Å². The Kier molecular flexibility index (Phi) is 3.60. The lowest BCUT2D eigenvalue weighted by atomic mass is 10.1. The first-order valence-corrected chi connectivity index (χ1v) is 7.22. The lowest BCUT2D eigenvalue weighted by molar-refractivity contribution is 0.626. The second-order valence-electron chi connectivity index (χ2n) is 4.60. The van der Waals surface area contributed by atoms with Crippen LogP contribution in [0.3, 0.4) is 0 Å². The van der Waals surface area contributed by atoms with Gasteiger partial charge in [0.1, 0.15) is 5.82 Å². The van der Waals surface area contributed by atoms with Gasteiger partial charge in [0.15, 0.2) is 0 Å². The minimum atomic E-state index is -0.357. The second kappa shape index (κ2) is 5.23. The van der Waals surface area contributed by atoms with Crippen molar-refractivity contribution in [3.63, 3.8) is 0 Å². The van der Waals surface area contributed by atoms with E-state index in [1.54, 1.807) is 6.33 Å². The number of imidazole rings is 1. The lowest BCUT2D eigenvalue weighted by Crippen LogP contribution is -2.11. The summed E-state index contributed by atoms with van der Waals surface area (Å²) in [6, 6.07) is 2.73. The van der Waals surface area contributed by atoms with Crippen molar-refractivity contribution in [2.24, 2.45) is 0 Å². The summed E-state index contributed by atoms with van der Waals surface area (Å²) in [5.74, 6) is 0.0559. The standard InChI is InChI=1S/C13H12BrClFN3/c14-10-3-9(16)4-11(15)13(10)19-7-18-6-12(19)8-1-2-17-5-8/h3-4,6-8,17H,1-2,5H2. The molecular formula is C13H12BrClFN3. The van der Waals surface area contributed by atoms with Crippen LogP contribution >= 0.6 is 27.5 Å². The third kappa shape index (κ3) is 2.42. The van der Waals surface area contributed by atoms with Crippen LogP contribution in [-0.2, 0) is 0 Å². The fraction of sp³-hybridized carbons (Fsp3) is 0.308. The molecule has 2 aromatic rings. The van der Waals surface area contributed by atoms with Crippen LogP contribution in [0.2, 0.25) is 5.02 Å². The molecule has 6 heteroatoms. The van der Waals surface area contributed by atoms with Gasteiger partial charge in [-0.05, 0) is 41.0 Å². The average Bonchev–Trinajstić information content (AvgIpc) is 2.96. The highest BCUT2D eigenvalue weighted by molar-refractivity contribution is 9.10. The van der Waals surface area contributed by atoms with E-state index in [0.29, 0.717) is 15.4 Å². The van der Waals surface area contributed by atoms with E-state index in [-0.39, 0.29) is 5.82 Å². The first-order valence-electron chi connectivity index (χ1n) is 6.04. The molecule has 0 spiro atoms. The van der Waals surface area contributed by atoms with Gasteiger partial charge in [-0.25, -0.2) is 9.37 Å². The number of hydrogen-bond donors (Lipinski definition) is 1. The average molecular weight is 345 g/mol. The van der Waals surface area contributed by atoms with Crippen molar-refractivity contribution in [3.05, 3.63) is 45.7 Å². The molecule has 1 aliphatic rings. The molecule has 2 heterocycles. The molecule has 1 aromatic heterocycles. The molecule has 0 bridgehead atoms. The van der Waals surface area contributed by atoms with Crippen molar-refractivity contribution in [3.8, 4) is 5.69 Å². The minimum Gasteiger partial charge on any atom is -0.316 e. The van der Waals surface area contributed by atoms with Crippen molar-refractivity contribution in [2.45, 2.75) is 12.3 Å². The summed E-state index contributed by atoms with van der Waals surface area (Å²) in [4.78, 5) is 4.21. The Morgan fingerprint density at radius 1 is 1.47 bits per heavy atom. The summed E-state index contributed by atoms with van der Waals surface area (Å²) in [5.41, 5.74) is 1.83. The first kappa shape index (κ1) is 13.1. The monoisotopic (exact) mass is 343 g/mol. The largest absolute Gasteiger partial charge is 0.316 e.